The van der Waals surface area contributed by atoms with E-state index in [9.17, 15) is 9.90 Å². The van der Waals surface area contributed by atoms with Gasteiger partial charge in [-0.15, -0.1) is 0 Å². The maximum absolute atomic E-state index is 12.8. The Morgan fingerprint density at radius 2 is 1.64 bits per heavy atom. The number of aliphatic hydroxyl groups excluding tert-OH is 1. The summed E-state index contributed by atoms with van der Waals surface area (Å²) < 4.78 is 5.93. The van der Waals surface area contributed by atoms with Crippen molar-refractivity contribution in [1.29, 1.82) is 0 Å². The largest absolute Gasteiger partial charge is 0.456 e. The normalized spacial score (nSPS) is 17.3. The van der Waals surface area contributed by atoms with E-state index in [4.69, 9.17) is 4.42 Å². The molecule has 0 bridgehead atoms. The van der Waals surface area contributed by atoms with Gasteiger partial charge in [0.05, 0.1) is 12.6 Å². The fraction of sp³-hybridized carbons (Fsp3) is 0.414. The number of hydrogen-bond donors (Lipinski definition) is 2. The average molecular weight is 446 g/mol. The van der Waals surface area contributed by atoms with Crippen molar-refractivity contribution in [2.45, 2.75) is 70.8 Å². The molecule has 0 radical (unpaired) electrons. The highest BCUT2D eigenvalue weighted by atomic mass is 16.3. The Labute approximate surface area is 197 Å². The number of amides is 1. The highest BCUT2D eigenvalue weighted by Gasteiger charge is 2.37. The zero-order valence-electron chi connectivity index (χ0n) is 20.4. The third-order valence-electron chi connectivity index (χ3n) is 7.25. The lowest BCUT2D eigenvalue weighted by atomic mass is 9.62. The molecule has 2 N–H and O–H groups in total. The van der Waals surface area contributed by atoms with E-state index in [1.807, 2.05) is 36.4 Å². The van der Waals surface area contributed by atoms with Gasteiger partial charge in [0.1, 0.15) is 5.76 Å². The van der Waals surface area contributed by atoms with E-state index in [0.29, 0.717) is 6.42 Å². The molecule has 4 heteroatoms. The molecule has 1 aliphatic carbocycles. The van der Waals surface area contributed by atoms with Crippen LogP contribution < -0.4 is 5.32 Å². The highest BCUT2D eigenvalue weighted by molar-refractivity contribution is 5.91. The SMILES string of the molecule is Cc1cc2c(cc1Cc1ccc(C(=O)NC(CO)c3ccccc3)o1)C(C)(C)CCC2(C)C. The molecule has 174 valence electrons. The van der Waals surface area contributed by atoms with Crippen LogP contribution in [0.5, 0.6) is 0 Å². The molecule has 0 saturated heterocycles. The zero-order valence-corrected chi connectivity index (χ0v) is 20.4. The molecular formula is C29H35NO3. The molecular weight excluding hydrogens is 410 g/mol. The first-order chi connectivity index (χ1) is 15.6. The summed E-state index contributed by atoms with van der Waals surface area (Å²) in [5.41, 5.74) is 6.57. The van der Waals surface area contributed by atoms with E-state index in [-0.39, 0.29) is 29.1 Å². The van der Waals surface area contributed by atoms with Gasteiger partial charge in [-0.25, -0.2) is 0 Å². The minimum atomic E-state index is -0.472. The van der Waals surface area contributed by atoms with E-state index in [1.54, 1.807) is 6.07 Å². The van der Waals surface area contributed by atoms with Crippen LogP contribution in [0.2, 0.25) is 0 Å². The molecule has 0 fully saturated rings. The molecule has 33 heavy (non-hydrogen) atoms. The summed E-state index contributed by atoms with van der Waals surface area (Å²) >= 11 is 0. The third-order valence-corrected chi connectivity index (χ3v) is 7.25. The molecule has 4 rings (SSSR count). The minimum absolute atomic E-state index is 0.151. The summed E-state index contributed by atoms with van der Waals surface area (Å²) in [6, 6.07) is 17.3. The molecule has 2 aromatic carbocycles. The van der Waals surface area contributed by atoms with Gasteiger partial charge in [0.2, 0.25) is 0 Å². The Morgan fingerprint density at radius 1 is 1.00 bits per heavy atom. The first-order valence-electron chi connectivity index (χ1n) is 11.8. The maximum atomic E-state index is 12.8. The van der Waals surface area contributed by atoms with Crippen LogP contribution in [0.3, 0.4) is 0 Å². The number of aryl methyl sites for hydroxylation is 1. The number of furan rings is 1. The van der Waals surface area contributed by atoms with Crippen LogP contribution in [-0.4, -0.2) is 17.6 Å². The van der Waals surface area contributed by atoms with Crippen molar-refractivity contribution in [3.05, 3.63) is 93.9 Å². The van der Waals surface area contributed by atoms with E-state index >= 15 is 0 Å². The predicted octanol–water partition coefficient (Wildman–Crippen LogP) is 5.99. The van der Waals surface area contributed by atoms with Crippen molar-refractivity contribution < 1.29 is 14.3 Å². The number of rotatable bonds is 6. The van der Waals surface area contributed by atoms with Gasteiger partial charge in [-0.1, -0.05) is 70.2 Å². The smallest absolute Gasteiger partial charge is 0.287 e. The Bertz CT molecular complexity index is 1140. The van der Waals surface area contributed by atoms with Crippen LogP contribution in [0.25, 0.3) is 0 Å². The van der Waals surface area contributed by atoms with Crippen LogP contribution >= 0.6 is 0 Å². The van der Waals surface area contributed by atoms with Gasteiger partial charge in [-0.3, -0.25) is 4.79 Å². The van der Waals surface area contributed by atoms with Crippen molar-refractivity contribution in [2.75, 3.05) is 6.61 Å². The summed E-state index contributed by atoms with van der Waals surface area (Å²) in [6.45, 7) is 11.3. The van der Waals surface area contributed by atoms with Gasteiger partial charge in [0.15, 0.2) is 5.76 Å². The predicted molar refractivity (Wildman–Crippen MR) is 132 cm³/mol. The third kappa shape index (κ3) is 4.77. The molecule has 1 amide bonds. The van der Waals surface area contributed by atoms with Gasteiger partial charge in [0, 0.05) is 6.42 Å². The molecule has 1 aliphatic rings. The summed E-state index contributed by atoms with van der Waals surface area (Å²) in [4.78, 5) is 12.8. The minimum Gasteiger partial charge on any atom is -0.456 e. The first-order valence-corrected chi connectivity index (χ1v) is 11.8. The summed E-state index contributed by atoms with van der Waals surface area (Å²) in [5, 5.41) is 12.6. The lowest BCUT2D eigenvalue weighted by molar-refractivity contribution is 0.0886. The molecule has 1 atom stereocenters. The number of nitrogens with one attached hydrogen (secondary N) is 1. The number of carbonyl (C=O) groups is 1. The first kappa shape index (κ1) is 23.3. The van der Waals surface area contributed by atoms with Gasteiger partial charge in [-0.05, 0) is 70.5 Å². The standard InChI is InChI=1S/C29H35NO3/c1-19-15-23-24(29(4,5)14-13-28(23,2)3)17-21(19)16-22-11-12-26(33-22)27(32)30-25(18-31)20-9-7-6-8-10-20/h6-12,15,17,25,31H,13-14,16,18H2,1-5H3,(H,30,32). The second kappa shape index (κ2) is 8.83. The van der Waals surface area contributed by atoms with Crippen molar-refractivity contribution >= 4 is 5.91 Å². The summed E-state index contributed by atoms with van der Waals surface area (Å²) in [6.07, 6.45) is 3.01. The van der Waals surface area contributed by atoms with E-state index in [1.165, 1.54) is 35.1 Å². The van der Waals surface area contributed by atoms with Crippen LogP contribution in [0.1, 0.15) is 90.7 Å². The molecule has 1 unspecified atom stereocenters. The Hall–Kier alpha value is -2.85. The van der Waals surface area contributed by atoms with Crippen molar-refractivity contribution in [3.63, 3.8) is 0 Å². The average Bonchev–Trinajstić information content (AvgIpc) is 3.25. The van der Waals surface area contributed by atoms with E-state index < -0.39 is 6.04 Å². The highest BCUT2D eigenvalue weighted by Crippen LogP contribution is 2.46. The van der Waals surface area contributed by atoms with E-state index in [0.717, 1.165) is 11.3 Å². The molecule has 1 aromatic heterocycles. The van der Waals surface area contributed by atoms with Crippen LogP contribution in [0, 0.1) is 6.92 Å². The molecule has 4 nitrogen and oxygen atoms in total. The molecule has 3 aromatic rings. The van der Waals surface area contributed by atoms with E-state index in [2.05, 4.69) is 52.1 Å². The van der Waals surface area contributed by atoms with Crippen molar-refractivity contribution in [2.24, 2.45) is 0 Å². The fourth-order valence-electron chi connectivity index (χ4n) is 4.89. The second-order valence-corrected chi connectivity index (χ2v) is 10.7. The Balaban J connectivity index is 1.54. The van der Waals surface area contributed by atoms with Gasteiger partial charge >= 0.3 is 0 Å². The molecule has 0 saturated carbocycles. The van der Waals surface area contributed by atoms with Crippen molar-refractivity contribution in [3.8, 4) is 0 Å². The lowest BCUT2D eigenvalue weighted by Gasteiger charge is -2.42. The number of benzene rings is 2. The van der Waals surface area contributed by atoms with Crippen LogP contribution in [-0.2, 0) is 17.3 Å². The monoisotopic (exact) mass is 445 g/mol. The summed E-state index contributed by atoms with van der Waals surface area (Å²) in [7, 11) is 0. The van der Waals surface area contributed by atoms with Gasteiger partial charge in [-0.2, -0.15) is 0 Å². The number of aliphatic hydroxyl groups is 1. The topological polar surface area (TPSA) is 62.5 Å². The number of fused-ring (bicyclic) bond motifs is 1. The molecule has 1 heterocycles. The number of carbonyl (C=O) groups excluding carboxylic acids is 1. The number of hydrogen-bond acceptors (Lipinski definition) is 3. The van der Waals surface area contributed by atoms with Crippen LogP contribution in [0.4, 0.5) is 0 Å². The van der Waals surface area contributed by atoms with Crippen molar-refractivity contribution in [1.82, 2.24) is 5.32 Å². The maximum Gasteiger partial charge on any atom is 0.287 e. The quantitative estimate of drug-likeness (QED) is 0.490. The lowest BCUT2D eigenvalue weighted by Crippen LogP contribution is -2.34. The Morgan fingerprint density at radius 3 is 2.27 bits per heavy atom. The summed E-state index contributed by atoms with van der Waals surface area (Å²) in [5.74, 6) is 0.696. The molecule has 0 spiro atoms. The Kier molecular flexibility index (Phi) is 6.24. The zero-order chi connectivity index (χ0) is 23.8. The van der Waals surface area contributed by atoms with Gasteiger partial charge < -0.3 is 14.8 Å². The fourth-order valence-corrected chi connectivity index (χ4v) is 4.89. The second-order valence-electron chi connectivity index (χ2n) is 10.7. The van der Waals surface area contributed by atoms with Crippen LogP contribution in [0.15, 0.2) is 59.0 Å². The van der Waals surface area contributed by atoms with Gasteiger partial charge in [0.25, 0.3) is 5.91 Å². The molecule has 0 aliphatic heterocycles.